The third-order valence-electron chi connectivity index (χ3n) is 5.30. The highest BCUT2D eigenvalue weighted by Gasteiger charge is 2.36. The summed E-state index contributed by atoms with van der Waals surface area (Å²) >= 11 is 0. The first-order valence-corrected chi connectivity index (χ1v) is 12.8. The van der Waals surface area contributed by atoms with Crippen LogP contribution in [0.3, 0.4) is 0 Å². The fourth-order valence-electron chi connectivity index (χ4n) is 4.21. The molecule has 206 valence electrons. The number of hydrogen-bond donors (Lipinski definition) is 2. The summed E-state index contributed by atoms with van der Waals surface area (Å²) in [6, 6.07) is 0. The number of aromatic hydroxyl groups is 1. The average molecular weight is 502 g/mol. The lowest BCUT2D eigenvalue weighted by Crippen LogP contribution is -2.36. The van der Waals surface area contributed by atoms with Crippen molar-refractivity contribution in [2.75, 3.05) is 0 Å². The second-order valence-corrected chi connectivity index (χ2v) is 7.53. The van der Waals surface area contributed by atoms with Crippen molar-refractivity contribution >= 4 is 18.1 Å². The Morgan fingerprint density at radius 2 is 1.53 bits per heavy atom. The Hall–Kier alpha value is -2.88. The molecule has 1 aromatic heterocycles. The van der Waals surface area contributed by atoms with E-state index >= 15 is 0 Å². The van der Waals surface area contributed by atoms with Crippen molar-refractivity contribution < 1.29 is 15.0 Å². The van der Waals surface area contributed by atoms with Gasteiger partial charge < -0.3 is 10.2 Å². The van der Waals surface area contributed by atoms with Crippen LogP contribution in [-0.2, 0) is 0 Å². The molecule has 0 bridgehead atoms. The van der Waals surface area contributed by atoms with Crippen LogP contribution in [0.5, 0.6) is 5.75 Å². The van der Waals surface area contributed by atoms with Gasteiger partial charge >= 0.3 is 5.97 Å². The average Bonchev–Trinajstić information content (AvgIpc) is 2.87. The molecule has 2 N–H and O–H groups in total. The zero-order valence-electron chi connectivity index (χ0n) is 24.2. The van der Waals surface area contributed by atoms with Crippen molar-refractivity contribution in [3.63, 3.8) is 0 Å². The van der Waals surface area contributed by atoms with E-state index in [2.05, 4.69) is 44.6 Å². The third kappa shape index (κ3) is 10.0. The molecule has 0 aromatic carbocycles. The van der Waals surface area contributed by atoms with Gasteiger partial charge in [0.25, 0.3) is 0 Å². The minimum atomic E-state index is -1.14. The van der Waals surface area contributed by atoms with E-state index in [1.165, 1.54) is 5.57 Å². The van der Waals surface area contributed by atoms with E-state index in [4.69, 9.17) is 0 Å². The highest BCUT2D eigenvalue weighted by molar-refractivity contribution is 5.91. The molecule has 1 aliphatic rings. The van der Waals surface area contributed by atoms with E-state index < -0.39 is 5.97 Å². The predicted octanol–water partition coefficient (Wildman–Crippen LogP) is 8.57. The van der Waals surface area contributed by atoms with Gasteiger partial charge in [-0.1, -0.05) is 99.8 Å². The lowest BCUT2D eigenvalue weighted by Gasteiger charge is -2.38. The molecule has 0 saturated heterocycles. The summed E-state index contributed by atoms with van der Waals surface area (Å²) in [6.07, 6.45) is 10.9. The smallest absolute Gasteiger partial charge is 0.340 e. The second kappa shape index (κ2) is 21.4. The van der Waals surface area contributed by atoms with Crippen LogP contribution in [0.25, 0.3) is 12.2 Å². The van der Waals surface area contributed by atoms with Crippen molar-refractivity contribution in [1.82, 2.24) is 4.98 Å². The zero-order chi connectivity index (χ0) is 28.4. The van der Waals surface area contributed by atoms with E-state index in [1.807, 2.05) is 67.5 Å². The van der Waals surface area contributed by atoms with Crippen LogP contribution >= 0.6 is 0 Å². The van der Waals surface area contributed by atoms with Gasteiger partial charge in [0.2, 0.25) is 0 Å². The number of pyridine rings is 1. The zero-order valence-corrected chi connectivity index (χ0v) is 24.2. The van der Waals surface area contributed by atoms with Gasteiger partial charge in [-0.15, -0.1) is 13.2 Å². The number of nitrogens with zero attached hydrogens (tertiary/aromatic N) is 1. The fourth-order valence-corrected chi connectivity index (χ4v) is 4.21. The Morgan fingerprint density at radius 1 is 1.03 bits per heavy atom. The summed E-state index contributed by atoms with van der Waals surface area (Å²) in [5, 5.41) is 21.6. The first kappa shape index (κ1) is 40.3. The predicted molar refractivity (Wildman–Crippen MR) is 162 cm³/mol. The van der Waals surface area contributed by atoms with E-state index in [9.17, 15) is 15.0 Å². The monoisotopic (exact) mass is 501 g/mol. The van der Waals surface area contributed by atoms with Gasteiger partial charge in [0, 0.05) is 11.1 Å². The summed E-state index contributed by atoms with van der Waals surface area (Å²) in [7, 11) is 0. The lowest BCUT2D eigenvalue weighted by molar-refractivity contribution is 0.0691. The van der Waals surface area contributed by atoms with Crippen molar-refractivity contribution in [2.24, 2.45) is 5.41 Å². The highest BCUT2D eigenvalue weighted by atomic mass is 16.4. The van der Waals surface area contributed by atoms with Gasteiger partial charge in [-0.25, -0.2) is 9.78 Å². The lowest BCUT2D eigenvalue weighted by atomic mass is 9.67. The molecule has 1 unspecified atom stereocenters. The Balaban J connectivity index is -0.000000517. The number of carboxylic acid groups (broad SMARTS) is 1. The van der Waals surface area contributed by atoms with Gasteiger partial charge in [-0.3, -0.25) is 0 Å². The maximum absolute atomic E-state index is 11.8. The number of rotatable bonds is 4. The molecular weight excluding hydrogens is 446 g/mol. The van der Waals surface area contributed by atoms with Crippen LogP contribution in [0.2, 0.25) is 0 Å². The number of carboxylic acids is 1. The van der Waals surface area contributed by atoms with Crippen LogP contribution in [0.1, 0.15) is 118 Å². The number of hydrogen-bond acceptors (Lipinski definition) is 3. The van der Waals surface area contributed by atoms with Crippen LogP contribution in [0.15, 0.2) is 49.1 Å². The van der Waals surface area contributed by atoms with Gasteiger partial charge in [0.1, 0.15) is 5.56 Å². The van der Waals surface area contributed by atoms with E-state index in [1.54, 1.807) is 19.1 Å². The first-order valence-electron chi connectivity index (χ1n) is 12.8. The quantitative estimate of drug-likeness (QED) is 0.405. The molecule has 1 atom stereocenters. The molecule has 0 spiro atoms. The molecule has 0 aliphatic heterocycles. The van der Waals surface area contributed by atoms with Gasteiger partial charge in [-0.2, -0.15) is 0 Å². The largest absolute Gasteiger partial charge is 0.505 e. The molecule has 4 nitrogen and oxygen atoms in total. The molecule has 1 aromatic rings. The summed E-state index contributed by atoms with van der Waals surface area (Å²) < 4.78 is 0. The number of aromatic carboxylic acids is 1. The van der Waals surface area contributed by atoms with Gasteiger partial charge in [-0.05, 0) is 50.2 Å². The molecule has 4 heteroatoms. The SMILES string of the molecule is C.C=C.C=CC1=C(/C=C\C)CC(c2nc(=C/C)/c(=C\C)c(C(=O)O)c2O)CC1(C)C.CC.CC.CC. The minimum absolute atomic E-state index is 0. The molecular formula is C32H55NO3. The van der Waals surface area contributed by atoms with E-state index in [0.717, 1.165) is 12.0 Å². The second-order valence-electron chi connectivity index (χ2n) is 7.53. The molecule has 1 aliphatic carbocycles. The van der Waals surface area contributed by atoms with E-state index in [0.29, 0.717) is 22.7 Å². The van der Waals surface area contributed by atoms with E-state index in [-0.39, 0.29) is 30.1 Å². The maximum Gasteiger partial charge on any atom is 0.340 e. The molecule has 0 fully saturated rings. The van der Waals surface area contributed by atoms with Crippen LogP contribution in [0.4, 0.5) is 0 Å². The molecule has 0 amide bonds. The Morgan fingerprint density at radius 3 is 1.89 bits per heavy atom. The van der Waals surface area contributed by atoms with Gasteiger partial charge in [0.05, 0.1) is 11.0 Å². The van der Waals surface area contributed by atoms with Crippen LogP contribution in [-0.4, -0.2) is 21.2 Å². The molecule has 0 radical (unpaired) electrons. The number of aromatic nitrogens is 1. The first-order chi connectivity index (χ1) is 16.7. The molecule has 0 saturated carbocycles. The maximum atomic E-state index is 11.8. The Bertz CT molecular complexity index is 966. The normalized spacial score (nSPS) is 16.5. The summed E-state index contributed by atoms with van der Waals surface area (Å²) in [4.78, 5) is 16.5. The van der Waals surface area contributed by atoms with Crippen molar-refractivity contribution in [1.29, 1.82) is 0 Å². The highest BCUT2D eigenvalue weighted by Crippen LogP contribution is 2.48. The summed E-state index contributed by atoms with van der Waals surface area (Å²) in [6.45, 7) is 31.8. The minimum Gasteiger partial charge on any atom is -0.505 e. The number of carbonyl (C=O) groups is 1. The Labute approximate surface area is 222 Å². The van der Waals surface area contributed by atoms with Crippen molar-refractivity contribution in [3.05, 3.63) is 70.9 Å². The van der Waals surface area contributed by atoms with Crippen molar-refractivity contribution in [3.8, 4) is 5.75 Å². The standard InChI is InChI=1S/C23H29NO3.3C2H6.C2H4.CH4/c1-7-11-14-12-15(13-23(5,6)17(14)9-3)20-21(25)19(22(26)27)16(8-2)18(10-4)24-20;4*1-2;/h7-11,15,25H,3,12-13H2,1-2,4-6H3,(H,26,27);3*1-2H3;1-2H2;1H4/b11-7-,16-8+,18-10+;;;;;. The van der Waals surface area contributed by atoms with Crippen molar-refractivity contribution in [2.45, 2.75) is 102 Å². The summed E-state index contributed by atoms with van der Waals surface area (Å²) in [5.74, 6) is -1.43. The fraction of sp³-hybridized carbons (Fsp3) is 0.500. The third-order valence-corrected chi connectivity index (χ3v) is 5.30. The molecule has 2 rings (SSSR count). The van der Waals surface area contributed by atoms with Crippen LogP contribution < -0.4 is 10.6 Å². The van der Waals surface area contributed by atoms with Gasteiger partial charge in [0.15, 0.2) is 5.75 Å². The molecule has 36 heavy (non-hydrogen) atoms. The summed E-state index contributed by atoms with van der Waals surface area (Å²) in [5.41, 5.74) is 2.59. The molecule has 1 heterocycles. The van der Waals surface area contributed by atoms with Crippen LogP contribution in [0, 0.1) is 5.41 Å². The Kier molecular flexibility index (Phi) is 24.0. The number of allylic oxidation sites excluding steroid dienone is 5. The topological polar surface area (TPSA) is 70.4 Å².